The van der Waals surface area contributed by atoms with Crippen molar-refractivity contribution >= 4 is 32.5 Å². The quantitative estimate of drug-likeness (QED) is 0.312. The molecule has 0 aliphatic carbocycles. The number of thiophene rings is 1. The van der Waals surface area contributed by atoms with Gasteiger partial charge in [-0.3, -0.25) is 4.57 Å². The number of hydrogen-bond donors (Lipinski definition) is 1. The van der Waals surface area contributed by atoms with Gasteiger partial charge in [-0.15, -0.1) is 11.3 Å². The van der Waals surface area contributed by atoms with E-state index >= 15 is 0 Å². The number of halogens is 2. The van der Waals surface area contributed by atoms with Crippen LogP contribution in [0.4, 0.5) is 8.78 Å². The molecule has 5 aromatic rings. The molecule has 4 nitrogen and oxygen atoms in total. The lowest BCUT2D eigenvalue weighted by atomic mass is 10.00. The molecule has 0 bridgehead atoms. The summed E-state index contributed by atoms with van der Waals surface area (Å²) in [6, 6.07) is 19.5. The highest BCUT2D eigenvalue weighted by atomic mass is 32.1. The van der Waals surface area contributed by atoms with Crippen LogP contribution in [-0.4, -0.2) is 34.1 Å². The Bertz CT molecular complexity index is 1560. The summed E-state index contributed by atoms with van der Waals surface area (Å²) in [6.45, 7) is 2.73. The molecule has 0 radical (unpaired) electrons. The molecule has 0 spiro atoms. The summed E-state index contributed by atoms with van der Waals surface area (Å²) in [5.41, 5.74) is 3.85. The van der Waals surface area contributed by atoms with Gasteiger partial charge in [-0.1, -0.05) is 24.3 Å². The molecule has 0 atom stereocenters. The van der Waals surface area contributed by atoms with Crippen molar-refractivity contribution < 1.29 is 8.78 Å². The zero-order valence-corrected chi connectivity index (χ0v) is 20.0. The van der Waals surface area contributed by atoms with E-state index in [1.54, 1.807) is 29.5 Å². The van der Waals surface area contributed by atoms with Crippen LogP contribution >= 0.6 is 11.3 Å². The molecule has 7 heteroatoms. The van der Waals surface area contributed by atoms with Crippen LogP contribution in [-0.2, 0) is 6.42 Å². The molecular weight excluding hydrogens is 464 g/mol. The van der Waals surface area contributed by atoms with Gasteiger partial charge in [-0.05, 0) is 67.3 Å². The minimum atomic E-state index is -0.266. The van der Waals surface area contributed by atoms with Crippen molar-refractivity contribution in [2.24, 2.45) is 0 Å². The van der Waals surface area contributed by atoms with Gasteiger partial charge >= 0.3 is 5.69 Å². The van der Waals surface area contributed by atoms with Crippen molar-refractivity contribution in [3.05, 3.63) is 93.7 Å². The molecule has 6 rings (SSSR count). The second kappa shape index (κ2) is 9.06. The van der Waals surface area contributed by atoms with Crippen LogP contribution in [0.3, 0.4) is 0 Å². The zero-order chi connectivity index (χ0) is 23.9. The molecule has 35 heavy (non-hydrogen) atoms. The van der Waals surface area contributed by atoms with E-state index in [0.717, 1.165) is 71.1 Å². The van der Waals surface area contributed by atoms with Gasteiger partial charge in [0, 0.05) is 46.2 Å². The predicted molar refractivity (Wildman–Crippen MR) is 138 cm³/mol. The number of likely N-dealkylation sites (tertiary alicyclic amines) is 1. The molecule has 2 aromatic heterocycles. The van der Waals surface area contributed by atoms with E-state index in [0.29, 0.717) is 0 Å². The molecule has 0 saturated carbocycles. The molecule has 1 aliphatic rings. The number of aromatic amines is 1. The Balaban J connectivity index is 1.20. The van der Waals surface area contributed by atoms with E-state index in [9.17, 15) is 13.6 Å². The lowest BCUT2D eigenvalue weighted by Gasteiger charge is -2.32. The smallest absolute Gasteiger partial charge is 0.306 e. The normalized spacial score (nSPS) is 15.4. The Kier molecular flexibility index (Phi) is 5.74. The maximum Gasteiger partial charge on any atom is 0.326 e. The maximum absolute atomic E-state index is 13.9. The fraction of sp³-hybridized carbons (Fsp3) is 0.250. The SMILES string of the molecule is O=c1[nH]c2ccccc2n1C1CCN(CCc2sc3cc(F)ccc3c2-c2ccc(F)cc2)CC1. The Labute approximate surface area is 205 Å². The number of aromatic nitrogens is 2. The monoisotopic (exact) mass is 489 g/mol. The number of nitrogens with zero attached hydrogens (tertiary/aromatic N) is 2. The number of benzene rings is 3. The first-order chi connectivity index (χ1) is 17.1. The van der Waals surface area contributed by atoms with Gasteiger partial charge in [0.25, 0.3) is 0 Å². The number of nitrogens with one attached hydrogen (secondary N) is 1. The Morgan fingerprint density at radius 3 is 2.49 bits per heavy atom. The van der Waals surface area contributed by atoms with Crippen LogP contribution in [0.15, 0.2) is 71.5 Å². The Hall–Kier alpha value is -3.29. The summed E-state index contributed by atoms with van der Waals surface area (Å²) < 4.78 is 30.3. The van der Waals surface area contributed by atoms with E-state index in [-0.39, 0.29) is 23.4 Å². The van der Waals surface area contributed by atoms with E-state index < -0.39 is 0 Å². The van der Waals surface area contributed by atoms with Crippen LogP contribution in [0.25, 0.3) is 32.2 Å². The number of rotatable bonds is 5. The number of fused-ring (bicyclic) bond motifs is 2. The van der Waals surface area contributed by atoms with Crippen molar-refractivity contribution in [1.82, 2.24) is 14.5 Å². The molecule has 178 valence electrons. The first kappa shape index (κ1) is 22.2. The molecule has 3 heterocycles. The third-order valence-corrected chi connectivity index (χ3v) is 8.27. The molecule has 1 saturated heterocycles. The van der Waals surface area contributed by atoms with Crippen LogP contribution in [0.5, 0.6) is 0 Å². The summed E-state index contributed by atoms with van der Waals surface area (Å²) in [4.78, 5) is 19.2. The number of hydrogen-bond acceptors (Lipinski definition) is 3. The summed E-state index contributed by atoms with van der Waals surface area (Å²) in [7, 11) is 0. The van der Waals surface area contributed by atoms with Crippen LogP contribution in [0.2, 0.25) is 0 Å². The van der Waals surface area contributed by atoms with E-state index in [2.05, 4.69) is 9.88 Å². The van der Waals surface area contributed by atoms with E-state index in [4.69, 9.17) is 0 Å². The highest BCUT2D eigenvalue weighted by molar-refractivity contribution is 7.19. The van der Waals surface area contributed by atoms with Crippen molar-refractivity contribution in [2.75, 3.05) is 19.6 Å². The first-order valence-corrected chi connectivity index (χ1v) is 12.8. The standard InChI is InChI=1S/C28H25F2N3OS/c29-19-7-5-18(6-8-19)27-22-10-9-20(30)17-26(22)35-25(27)13-16-32-14-11-21(12-15-32)33-24-4-2-1-3-23(24)31-28(33)34/h1-10,17,21H,11-16H2,(H,31,34). The Morgan fingerprint density at radius 1 is 0.943 bits per heavy atom. The second-order valence-electron chi connectivity index (χ2n) is 9.19. The van der Waals surface area contributed by atoms with Gasteiger partial charge in [0.15, 0.2) is 0 Å². The molecular formula is C28H25F2N3OS. The molecule has 1 fully saturated rings. The van der Waals surface area contributed by atoms with Crippen molar-refractivity contribution in [3.8, 4) is 11.1 Å². The first-order valence-electron chi connectivity index (χ1n) is 12.0. The van der Waals surface area contributed by atoms with Gasteiger partial charge in [0.05, 0.1) is 11.0 Å². The lowest BCUT2D eigenvalue weighted by Crippen LogP contribution is -2.37. The average molecular weight is 490 g/mol. The molecule has 1 N–H and O–H groups in total. The van der Waals surface area contributed by atoms with Gasteiger partial charge in [0.1, 0.15) is 11.6 Å². The largest absolute Gasteiger partial charge is 0.326 e. The maximum atomic E-state index is 13.9. The highest BCUT2D eigenvalue weighted by Gasteiger charge is 2.24. The van der Waals surface area contributed by atoms with Crippen molar-refractivity contribution in [1.29, 1.82) is 0 Å². The highest BCUT2D eigenvalue weighted by Crippen LogP contribution is 2.39. The topological polar surface area (TPSA) is 41.0 Å². The number of imidazole rings is 1. The van der Waals surface area contributed by atoms with Gasteiger partial charge < -0.3 is 9.88 Å². The minimum Gasteiger partial charge on any atom is -0.306 e. The van der Waals surface area contributed by atoms with Crippen LogP contribution in [0.1, 0.15) is 23.8 Å². The second-order valence-corrected chi connectivity index (χ2v) is 10.3. The van der Waals surface area contributed by atoms with Gasteiger partial charge in [0.2, 0.25) is 0 Å². The molecule has 3 aromatic carbocycles. The number of piperidine rings is 1. The van der Waals surface area contributed by atoms with Crippen LogP contribution < -0.4 is 5.69 Å². The van der Waals surface area contributed by atoms with Crippen molar-refractivity contribution in [2.45, 2.75) is 25.3 Å². The number of para-hydroxylation sites is 2. The summed E-state index contributed by atoms with van der Waals surface area (Å²) >= 11 is 1.62. The molecule has 0 amide bonds. The third kappa shape index (κ3) is 4.19. The number of H-pyrrole nitrogens is 1. The van der Waals surface area contributed by atoms with Gasteiger partial charge in [-0.25, -0.2) is 13.6 Å². The van der Waals surface area contributed by atoms with Gasteiger partial charge in [-0.2, -0.15) is 0 Å². The predicted octanol–water partition coefficient (Wildman–Crippen LogP) is 6.37. The molecule has 1 aliphatic heterocycles. The summed E-state index contributed by atoms with van der Waals surface area (Å²) in [5, 5.41) is 1.01. The third-order valence-electron chi connectivity index (χ3n) is 7.06. The molecule has 0 unspecified atom stereocenters. The summed E-state index contributed by atoms with van der Waals surface area (Å²) in [6.07, 6.45) is 2.68. The average Bonchev–Trinajstić information content (AvgIpc) is 3.39. The van der Waals surface area contributed by atoms with Crippen LogP contribution in [0, 0.1) is 11.6 Å². The van der Waals surface area contributed by atoms with E-state index in [1.807, 2.05) is 34.9 Å². The lowest BCUT2D eigenvalue weighted by molar-refractivity contribution is 0.189. The summed E-state index contributed by atoms with van der Waals surface area (Å²) in [5.74, 6) is -0.511. The fourth-order valence-corrected chi connectivity index (χ4v) is 6.57. The van der Waals surface area contributed by atoms with Crippen molar-refractivity contribution in [3.63, 3.8) is 0 Å². The Morgan fingerprint density at radius 2 is 1.69 bits per heavy atom. The van der Waals surface area contributed by atoms with E-state index in [1.165, 1.54) is 23.1 Å². The minimum absolute atomic E-state index is 0.0360. The zero-order valence-electron chi connectivity index (χ0n) is 19.1. The fourth-order valence-electron chi connectivity index (χ4n) is 5.33.